The normalized spacial score (nSPS) is 14.2. The standard InChI is InChI=1S/C38H46N4O4.C37H43ClN4O4/c1-6-8-18-40(19-9-7-2)38(45)34-21-27(4)42(39-34)35-16-14-30(29-15-17-36(46-5)26(3)20-29)23-33(35)37(44)41-24-31-13-11-10-12-28(31)22-32(41)25-43;1-5-7-17-40(18-8-6-2)37(45)33-19-25(3)42(39-33)34-15-13-27(28-14-16-35(46-4)32(38)22-28)21-31(34)36(44)41-23-29-12-10-9-11-26(29)20-30(41)24-43/h10-17,20-21,23,32,43H,6-9,18-19,22,24-25H2,1-5H3;9-16,19,21-22,30,43H,5-8,17-18,20,23-24H2,1-4H3/t32-;30-/m00/s1. The van der Waals surface area contributed by atoms with Gasteiger partial charge in [0, 0.05) is 50.7 Å². The second kappa shape index (κ2) is 31.6. The van der Waals surface area contributed by atoms with Crippen LogP contribution >= 0.6 is 11.6 Å². The quantitative estimate of drug-likeness (QED) is 0.0592. The fourth-order valence-corrected chi connectivity index (χ4v) is 12.6. The summed E-state index contributed by atoms with van der Waals surface area (Å²) in [6.07, 6.45) is 8.87. The summed E-state index contributed by atoms with van der Waals surface area (Å²) in [7, 11) is 3.22. The molecule has 2 aliphatic heterocycles. The van der Waals surface area contributed by atoms with Gasteiger partial charge >= 0.3 is 0 Å². The molecule has 17 heteroatoms. The van der Waals surface area contributed by atoms with Crippen LogP contribution in [0.4, 0.5) is 0 Å². The largest absolute Gasteiger partial charge is 0.496 e. The van der Waals surface area contributed by atoms with Crippen molar-refractivity contribution in [2.45, 2.75) is 138 Å². The monoisotopic (exact) mass is 1260 g/mol. The van der Waals surface area contributed by atoms with Crippen LogP contribution in [-0.4, -0.2) is 139 Å². The van der Waals surface area contributed by atoms with E-state index in [4.69, 9.17) is 31.3 Å². The van der Waals surface area contributed by atoms with Crippen molar-refractivity contribution in [1.29, 1.82) is 0 Å². The molecule has 0 bridgehead atoms. The lowest BCUT2D eigenvalue weighted by molar-refractivity contribution is 0.0539. The second-order valence-electron chi connectivity index (χ2n) is 24.1. The van der Waals surface area contributed by atoms with Gasteiger partial charge < -0.3 is 39.3 Å². The fourth-order valence-electron chi connectivity index (χ4n) is 12.3. The summed E-state index contributed by atoms with van der Waals surface area (Å²) < 4.78 is 14.2. The number of methoxy groups -OCH3 is 2. The van der Waals surface area contributed by atoms with Gasteiger partial charge in [0.25, 0.3) is 23.6 Å². The van der Waals surface area contributed by atoms with E-state index >= 15 is 0 Å². The van der Waals surface area contributed by atoms with Crippen LogP contribution in [0.3, 0.4) is 0 Å². The molecule has 6 aromatic carbocycles. The molecule has 4 amide bonds. The first-order valence-corrected chi connectivity index (χ1v) is 32.9. The minimum absolute atomic E-state index is 0.0880. The van der Waals surface area contributed by atoms with Crippen molar-refractivity contribution in [1.82, 2.24) is 39.2 Å². The zero-order valence-electron chi connectivity index (χ0n) is 54.9. The van der Waals surface area contributed by atoms with Gasteiger partial charge in [0.2, 0.25) is 0 Å². The smallest absolute Gasteiger partial charge is 0.274 e. The van der Waals surface area contributed by atoms with Gasteiger partial charge in [-0.25, -0.2) is 9.36 Å². The van der Waals surface area contributed by atoms with E-state index < -0.39 is 0 Å². The molecule has 92 heavy (non-hydrogen) atoms. The topological polar surface area (TPSA) is 176 Å². The number of hydrogen-bond acceptors (Lipinski definition) is 10. The molecule has 0 radical (unpaired) electrons. The summed E-state index contributed by atoms with van der Waals surface area (Å²) in [5.74, 6) is 0.758. The number of fused-ring (bicyclic) bond motifs is 2. The average molecular weight is 1270 g/mol. The van der Waals surface area contributed by atoms with Crippen LogP contribution in [0.15, 0.2) is 133 Å². The predicted molar refractivity (Wildman–Crippen MR) is 364 cm³/mol. The molecule has 16 nitrogen and oxygen atoms in total. The summed E-state index contributed by atoms with van der Waals surface area (Å²) in [5.41, 5.74) is 13.1. The highest BCUT2D eigenvalue weighted by Crippen LogP contribution is 2.36. The number of aliphatic hydroxyl groups is 2. The molecule has 8 aromatic rings. The van der Waals surface area contributed by atoms with Crippen LogP contribution < -0.4 is 9.47 Å². The van der Waals surface area contributed by atoms with Crippen molar-refractivity contribution in [2.24, 2.45) is 0 Å². The molecule has 0 spiro atoms. The van der Waals surface area contributed by atoms with Crippen molar-refractivity contribution in [3.05, 3.63) is 200 Å². The Morgan fingerprint density at radius 3 is 1.24 bits per heavy atom. The number of hydrogen-bond donors (Lipinski definition) is 2. The van der Waals surface area contributed by atoms with E-state index in [0.717, 1.165) is 119 Å². The number of nitrogens with zero attached hydrogens (tertiary/aromatic N) is 8. The number of benzene rings is 6. The Labute approximate surface area is 547 Å². The van der Waals surface area contributed by atoms with Gasteiger partial charge in [0.15, 0.2) is 11.4 Å². The zero-order chi connectivity index (χ0) is 65.6. The van der Waals surface area contributed by atoms with Gasteiger partial charge in [0.05, 0.1) is 67.0 Å². The maximum Gasteiger partial charge on any atom is 0.274 e. The minimum Gasteiger partial charge on any atom is -0.496 e. The Balaban J connectivity index is 0.000000217. The van der Waals surface area contributed by atoms with E-state index in [-0.39, 0.29) is 48.9 Å². The third-order valence-electron chi connectivity index (χ3n) is 17.7. The molecule has 4 heterocycles. The molecular weight excluding hydrogens is 1180 g/mol. The molecule has 0 saturated heterocycles. The van der Waals surface area contributed by atoms with Gasteiger partial charge in [-0.3, -0.25) is 19.2 Å². The number of halogens is 1. The lowest BCUT2D eigenvalue weighted by atomic mass is 9.93. The third kappa shape index (κ3) is 15.3. The Bertz CT molecular complexity index is 3630. The first kappa shape index (κ1) is 67.8. The third-order valence-corrected chi connectivity index (χ3v) is 18.0. The SMILES string of the molecule is CCCCN(CCCC)C(=O)c1cc(C)n(-c2ccc(-c3ccc(OC)c(C)c3)cc2C(=O)N2Cc3ccccc3C[C@H]2CO)n1.CCCCN(CCCC)C(=O)c1cc(C)n(-c2ccc(-c3ccc(OC)c(Cl)c3)cc2C(=O)N2Cc3ccccc3C[C@H]2CO)n1. The molecule has 10 rings (SSSR count). The number of aromatic nitrogens is 4. The number of aliphatic hydroxyl groups excluding tert-OH is 2. The summed E-state index contributed by atoms with van der Waals surface area (Å²) in [4.78, 5) is 63.8. The maximum absolute atomic E-state index is 14.6. The number of ether oxygens (including phenoxy) is 2. The van der Waals surface area contributed by atoms with Crippen molar-refractivity contribution in [3.63, 3.8) is 0 Å². The number of unbranched alkanes of at least 4 members (excludes halogenated alkanes) is 4. The molecule has 484 valence electrons. The summed E-state index contributed by atoms with van der Waals surface area (Å²) >= 11 is 6.48. The van der Waals surface area contributed by atoms with Gasteiger partial charge in [-0.2, -0.15) is 10.2 Å². The highest BCUT2D eigenvalue weighted by molar-refractivity contribution is 6.32. The van der Waals surface area contributed by atoms with Crippen molar-refractivity contribution in [2.75, 3.05) is 53.6 Å². The van der Waals surface area contributed by atoms with E-state index in [1.807, 2.05) is 140 Å². The van der Waals surface area contributed by atoms with E-state index in [9.17, 15) is 29.4 Å². The highest BCUT2D eigenvalue weighted by atomic mass is 35.5. The van der Waals surface area contributed by atoms with Crippen molar-refractivity contribution in [3.8, 4) is 45.1 Å². The summed E-state index contributed by atoms with van der Waals surface area (Å²) in [6.45, 7) is 17.5. The first-order valence-electron chi connectivity index (χ1n) is 32.5. The van der Waals surface area contributed by atoms with E-state index in [2.05, 4.69) is 39.8 Å². The lowest BCUT2D eigenvalue weighted by Crippen LogP contribution is -2.46. The van der Waals surface area contributed by atoms with E-state index in [1.54, 1.807) is 45.5 Å². The fraction of sp³-hybridized carbons (Fsp3) is 0.387. The van der Waals surface area contributed by atoms with Crippen LogP contribution in [0.2, 0.25) is 5.02 Å². The molecule has 2 aromatic heterocycles. The minimum atomic E-state index is -0.379. The summed E-state index contributed by atoms with van der Waals surface area (Å²) in [6, 6.07) is 41.9. The Kier molecular flexibility index (Phi) is 23.3. The number of carbonyl (C=O) groups is 4. The first-order chi connectivity index (χ1) is 44.6. The summed E-state index contributed by atoms with van der Waals surface area (Å²) in [5, 5.41) is 30.8. The lowest BCUT2D eigenvalue weighted by Gasteiger charge is -2.36. The van der Waals surface area contributed by atoms with Crippen LogP contribution in [0.5, 0.6) is 11.5 Å². The highest BCUT2D eigenvalue weighted by Gasteiger charge is 2.35. The Morgan fingerprint density at radius 2 is 0.870 bits per heavy atom. The van der Waals surface area contributed by atoms with E-state index in [0.29, 0.717) is 96.8 Å². The van der Waals surface area contributed by atoms with Crippen LogP contribution in [-0.2, 0) is 25.9 Å². The van der Waals surface area contributed by atoms with Crippen LogP contribution in [0, 0.1) is 20.8 Å². The Hall–Kier alpha value is -8.57. The number of amides is 4. The molecular formula is C75H89ClN8O8. The van der Waals surface area contributed by atoms with E-state index in [1.165, 1.54) is 0 Å². The van der Waals surface area contributed by atoms with Gasteiger partial charge in [-0.05, 0) is 170 Å². The van der Waals surface area contributed by atoms with Crippen molar-refractivity contribution < 1.29 is 38.9 Å². The number of aryl methyl sites for hydroxylation is 3. The zero-order valence-corrected chi connectivity index (χ0v) is 55.6. The average Bonchev–Trinajstić information content (AvgIpc) is 1.29. The Morgan fingerprint density at radius 1 is 0.500 bits per heavy atom. The molecule has 2 N–H and O–H groups in total. The molecule has 0 unspecified atom stereocenters. The van der Waals surface area contributed by atoms with Crippen LogP contribution in [0.1, 0.15) is 160 Å². The van der Waals surface area contributed by atoms with Crippen LogP contribution in [0.25, 0.3) is 33.6 Å². The molecule has 2 atom stereocenters. The second-order valence-corrected chi connectivity index (χ2v) is 24.6. The molecule has 0 saturated carbocycles. The van der Waals surface area contributed by atoms with Gasteiger partial charge in [-0.15, -0.1) is 0 Å². The predicted octanol–water partition coefficient (Wildman–Crippen LogP) is 13.9. The molecule has 0 fully saturated rings. The number of rotatable bonds is 24. The maximum atomic E-state index is 14.6. The molecule has 0 aliphatic carbocycles. The van der Waals surface area contributed by atoms with Crippen molar-refractivity contribution >= 4 is 35.2 Å². The van der Waals surface area contributed by atoms with Gasteiger partial charge in [-0.1, -0.05) is 138 Å². The number of carbonyl (C=O) groups excluding carboxylic acids is 4. The van der Waals surface area contributed by atoms with Gasteiger partial charge in [0.1, 0.15) is 11.5 Å². The molecule has 2 aliphatic rings.